The van der Waals surface area contributed by atoms with Crippen molar-refractivity contribution in [2.24, 2.45) is 0 Å². The van der Waals surface area contributed by atoms with Gasteiger partial charge in [0.05, 0.1) is 0 Å². The second-order valence-corrected chi connectivity index (χ2v) is 11.9. The van der Waals surface area contributed by atoms with Crippen LogP contribution < -0.4 is 0 Å². The van der Waals surface area contributed by atoms with Gasteiger partial charge in [-0.2, -0.15) is 23.8 Å². The van der Waals surface area contributed by atoms with Crippen molar-refractivity contribution in [2.45, 2.75) is 40.5 Å². The van der Waals surface area contributed by atoms with Gasteiger partial charge in [-0.05, 0) is 35.6 Å². The zero-order valence-electron chi connectivity index (χ0n) is 22.5. The number of aryl methyl sites for hydroxylation is 2. The quantitative estimate of drug-likeness (QED) is 0.173. The van der Waals surface area contributed by atoms with E-state index in [1.165, 1.54) is 58.8 Å². The fraction of sp³-hybridized carbons (Fsp3) is 0.171. The molecule has 0 radical (unpaired) electrons. The van der Waals surface area contributed by atoms with Crippen LogP contribution in [0.4, 0.5) is 0 Å². The molecule has 0 spiro atoms. The summed E-state index contributed by atoms with van der Waals surface area (Å²) in [7, 11) is 0. The summed E-state index contributed by atoms with van der Waals surface area (Å²) in [4.78, 5) is 0. The molecule has 38 heavy (non-hydrogen) atoms. The molecule has 0 fully saturated rings. The van der Waals surface area contributed by atoms with Gasteiger partial charge < -0.3 is 0 Å². The van der Waals surface area contributed by atoms with Crippen molar-refractivity contribution in [3.63, 3.8) is 0 Å². The summed E-state index contributed by atoms with van der Waals surface area (Å²) in [5.41, 5.74) is 13.2. The standard InChI is InChI=1S/C27H21.C5H5.C3H6.2ClH.Zr/c1-18-13-22-15-23-14-19(2)25(21-11-7-4-8-12-21)17-27(23)26(22)16-24(18)20-9-5-3-6-10-20;1-2-4-5-3-1;1-3-2;;;/h3-13,16-17H,15H2,1-2H3;1-3H,4H2;1-2H3;2*1H;/q2*-1;;;;+2. The summed E-state index contributed by atoms with van der Waals surface area (Å²) < 4.78 is 1.51. The Morgan fingerprint density at radius 3 is 1.79 bits per heavy atom. The van der Waals surface area contributed by atoms with Crippen LogP contribution in [0.25, 0.3) is 33.4 Å². The molecule has 0 saturated carbocycles. The van der Waals surface area contributed by atoms with Crippen LogP contribution >= 0.6 is 24.8 Å². The third-order valence-electron chi connectivity index (χ3n) is 6.22. The van der Waals surface area contributed by atoms with Crippen molar-refractivity contribution in [2.75, 3.05) is 0 Å². The van der Waals surface area contributed by atoms with E-state index in [1.54, 1.807) is 24.2 Å². The summed E-state index contributed by atoms with van der Waals surface area (Å²) in [5, 5.41) is 0. The van der Waals surface area contributed by atoms with Gasteiger partial charge in [-0.1, -0.05) is 90.8 Å². The van der Waals surface area contributed by atoms with Gasteiger partial charge in [-0.25, -0.2) is 12.2 Å². The van der Waals surface area contributed by atoms with E-state index in [1.807, 2.05) is 12.2 Å². The van der Waals surface area contributed by atoms with Crippen LogP contribution in [0.1, 0.15) is 42.5 Å². The number of fused-ring (bicyclic) bond motifs is 3. The molecule has 0 N–H and O–H groups in total. The number of rotatable bonds is 2. The minimum Gasteiger partial charge on any atom is -0.273 e. The Morgan fingerprint density at radius 2 is 1.29 bits per heavy atom. The maximum atomic E-state index is 3.68. The average molecular weight is 617 g/mol. The minimum absolute atomic E-state index is 0. The predicted octanol–water partition coefficient (Wildman–Crippen LogP) is 9.90. The number of hydrogen-bond donors (Lipinski definition) is 0. The van der Waals surface area contributed by atoms with E-state index in [-0.39, 0.29) is 24.8 Å². The average Bonchev–Trinajstić information content (AvgIpc) is 3.55. The molecular formula is C35H34Cl2Zr. The Bertz CT molecular complexity index is 1310. The number of allylic oxidation sites excluding steroid dienone is 4. The van der Waals surface area contributed by atoms with Crippen molar-refractivity contribution in [3.05, 3.63) is 131 Å². The molecule has 0 nitrogen and oxygen atoms in total. The van der Waals surface area contributed by atoms with Gasteiger partial charge in [0.25, 0.3) is 0 Å². The third-order valence-corrected chi connectivity index (χ3v) is 6.22. The van der Waals surface area contributed by atoms with Crippen LogP contribution in [0.5, 0.6) is 0 Å². The van der Waals surface area contributed by atoms with E-state index in [2.05, 4.69) is 125 Å². The second-order valence-electron chi connectivity index (χ2n) is 9.44. The van der Waals surface area contributed by atoms with Gasteiger partial charge in [-0.3, -0.25) is 6.08 Å². The molecule has 192 valence electrons. The molecule has 0 saturated heterocycles. The molecule has 2 aliphatic rings. The topological polar surface area (TPSA) is 0 Å². The van der Waals surface area contributed by atoms with E-state index < -0.39 is 0 Å². The zero-order chi connectivity index (χ0) is 25.5. The summed E-state index contributed by atoms with van der Waals surface area (Å²) in [6, 6.07) is 32.1. The van der Waals surface area contributed by atoms with E-state index >= 15 is 0 Å². The van der Waals surface area contributed by atoms with Crippen molar-refractivity contribution < 1.29 is 24.2 Å². The van der Waals surface area contributed by atoms with Gasteiger partial charge >= 0.3 is 41.3 Å². The first kappa shape index (κ1) is 31.9. The predicted molar refractivity (Wildman–Crippen MR) is 166 cm³/mol. The Kier molecular flexibility index (Phi) is 12.9. The van der Waals surface area contributed by atoms with Crippen LogP contribution in [-0.4, -0.2) is 3.21 Å². The second kappa shape index (κ2) is 15.3. The monoisotopic (exact) mass is 614 g/mol. The largest absolute Gasteiger partial charge is 0.273 e. The van der Waals surface area contributed by atoms with Gasteiger partial charge in [-0.15, -0.1) is 47.9 Å². The fourth-order valence-corrected chi connectivity index (χ4v) is 4.62. The SMILES string of the molecule is C[C](C)=[Zr+2].Cc1[c-]c2c(cc1-c1ccccc1)-c1cc(-c3ccccc3)c(C)cc1C2.Cl.Cl.[C-]1=CC=CC1. The first-order chi connectivity index (χ1) is 17.4. The molecular weight excluding hydrogens is 583 g/mol. The maximum Gasteiger partial charge on any atom is -0.0159 e. The molecule has 4 aromatic rings. The molecule has 0 atom stereocenters. The summed E-state index contributed by atoms with van der Waals surface area (Å²) in [6.07, 6.45) is 11.0. The van der Waals surface area contributed by atoms with Crippen molar-refractivity contribution in [3.8, 4) is 33.4 Å². The Labute approximate surface area is 256 Å². The first-order valence-corrected chi connectivity index (χ1v) is 13.7. The van der Waals surface area contributed by atoms with Gasteiger partial charge in [0.15, 0.2) is 0 Å². The summed E-state index contributed by atoms with van der Waals surface area (Å²) in [6.45, 7) is 8.64. The smallest absolute Gasteiger partial charge is 0.0159 e. The molecule has 4 aromatic carbocycles. The molecule has 3 heteroatoms. The van der Waals surface area contributed by atoms with E-state index in [9.17, 15) is 0 Å². The van der Waals surface area contributed by atoms with Crippen LogP contribution in [-0.2, 0) is 30.7 Å². The van der Waals surface area contributed by atoms with Crippen LogP contribution in [0.3, 0.4) is 0 Å². The van der Waals surface area contributed by atoms with Crippen LogP contribution in [0.15, 0.2) is 97.1 Å². The van der Waals surface area contributed by atoms with Crippen molar-refractivity contribution in [1.82, 2.24) is 0 Å². The van der Waals surface area contributed by atoms with E-state index in [0.717, 1.165) is 12.8 Å². The van der Waals surface area contributed by atoms with E-state index in [4.69, 9.17) is 0 Å². The van der Waals surface area contributed by atoms with Gasteiger partial charge in [0.2, 0.25) is 0 Å². The fourth-order valence-electron chi connectivity index (χ4n) is 4.62. The molecule has 6 rings (SSSR count). The van der Waals surface area contributed by atoms with E-state index in [0.29, 0.717) is 0 Å². The van der Waals surface area contributed by atoms with Crippen LogP contribution in [0, 0.1) is 26.0 Å². The molecule has 0 heterocycles. The normalized spacial score (nSPS) is 11.5. The van der Waals surface area contributed by atoms with Crippen molar-refractivity contribution in [1.29, 1.82) is 0 Å². The third kappa shape index (κ3) is 8.10. The summed E-state index contributed by atoms with van der Waals surface area (Å²) >= 11 is 1.55. The number of hydrogen-bond acceptors (Lipinski definition) is 0. The van der Waals surface area contributed by atoms with Gasteiger partial charge in [0, 0.05) is 0 Å². The Hall–Kier alpha value is -2.31. The first-order valence-electron chi connectivity index (χ1n) is 12.5. The Balaban J connectivity index is 0.000000398. The molecule has 0 unspecified atom stereocenters. The molecule has 0 bridgehead atoms. The molecule has 0 amide bonds. The number of benzene rings is 4. The van der Waals surface area contributed by atoms with Crippen LogP contribution in [0.2, 0.25) is 0 Å². The minimum atomic E-state index is 0. The Morgan fingerprint density at radius 1 is 0.737 bits per heavy atom. The summed E-state index contributed by atoms with van der Waals surface area (Å²) in [5.74, 6) is 0. The maximum absolute atomic E-state index is 3.68. The van der Waals surface area contributed by atoms with Crippen molar-refractivity contribution >= 4 is 28.0 Å². The molecule has 0 aliphatic heterocycles. The molecule has 0 aromatic heterocycles. The number of halogens is 2. The molecule has 2 aliphatic carbocycles. The van der Waals surface area contributed by atoms with Gasteiger partial charge in [0.1, 0.15) is 0 Å². The zero-order valence-corrected chi connectivity index (χ0v) is 26.6.